The average Bonchev–Trinajstić information content (AvgIpc) is 2.62. The Labute approximate surface area is 181 Å². The van der Waals surface area contributed by atoms with Crippen molar-refractivity contribution in [3.8, 4) is 0 Å². The fraction of sp³-hybridized carbons (Fsp3) is 0.462. The minimum absolute atomic E-state index is 0.0862. The number of aryl methyl sites for hydroxylation is 4. The van der Waals surface area contributed by atoms with Crippen molar-refractivity contribution in [2.45, 2.75) is 79.1 Å². The summed E-state index contributed by atoms with van der Waals surface area (Å²) in [6.07, 6.45) is 7.25. The zero-order chi connectivity index (χ0) is 21.9. The maximum absolute atomic E-state index is 12.1. The Bertz CT molecular complexity index is 746. The van der Waals surface area contributed by atoms with Crippen LogP contribution >= 0.6 is 0 Å². The largest absolute Gasteiger partial charge is 0.326 e. The maximum atomic E-state index is 12.1. The smallest absolute Gasteiger partial charge is 0.224 e. The Kier molecular flexibility index (Phi) is 9.59. The molecule has 0 saturated carbocycles. The molecule has 0 radical (unpaired) electrons. The van der Waals surface area contributed by atoms with Crippen molar-refractivity contribution < 1.29 is 9.59 Å². The van der Waals surface area contributed by atoms with Gasteiger partial charge in [0.1, 0.15) is 0 Å². The summed E-state index contributed by atoms with van der Waals surface area (Å²) in [5.41, 5.74) is 6.41. The lowest BCUT2D eigenvalue weighted by molar-refractivity contribution is -0.117. The first-order chi connectivity index (χ1) is 14.3. The van der Waals surface area contributed by atoms with Crippen LogP contribution in [0.25, 0.3) is 0 Å². The lowest BCUT2D eigenvalue weighted by Gasteiger charge is -2.08. The van der Waals surface area contributed by atoms with Gasteiger partial charge in [0, 0.05) is 24.2 Å². The van der Waals surface area contributed by atoms with Gasteiger partial charge in [-0.3, -0.25) is 9.59 Å². The molecule has 0 bridgehead atoms. The molecule has 0 aromatic heterocycles. The Balaban J connectivity index is 1.51. The lowest BCUT2D eigenvalue weighted by Crippen LogP contribution is -2.11. The summed E-state index contributed by atoms with van der Waals surface area (Å²) in [7, 11) is 0. The van der Waals surface area contributed by atoms with Crippen LogP contribution in [-0.2, 0) is 9.59 Å². The molecule has 2 rings (SSSR count). The predicted octanol–water partition coefficient (Wildman–Crippen LogP) is 6.62. The van der Waals surface area contributed by atoms with E-state index in [9.17, 15) is 9.59 Å². The molecule has 0 aliphatic heterocycles. The fourth-order valence-electron chi connectivity index (χ4n) is 3.82. The van der Waals surface area contributed by atoms with E-state index in [0.29, 0.717) is 12.8 Å². The summed E-state index contributed by atoms with van der Waals surface area (Å²) in [5, 5.41) is 5.98. The average molecular weight is 409 g/mol. The van der Waals surface area contributed by atoms with E-state index < -0.39 is 0 Å². The van der Waals surface area contributed by atoms with Crippen LogP contribution in [0.3, 0.4) is 0 Å². The van der Waals surface area contributed by atoms with Crippen LogP contribution in [0.4, 0.5) is 11.4 Å². The number of amides is 2. The van der Waals surface area contributed by atoms with E-state index in [2.05, 4.69) is 22.8 Å². The Morgan fingerprint density at radius 2 is 0.833 bits per heavy atom. The summed E-state index contributed by atoms with van der Waals surface area (Å²) in [6, 6.07) is 12.2. The van der Waals surface area contributed by atoms with Gasteiger partial charge in [-0.25, -0.2) is 0 Å². The van der Waals surface area contributed by atoms with Crippen molar-refractivity contribution in [2.24, 2.45) is 0 Å². The van der Waals surface area contributed by atoms with E-state index in [1.165, 1.54) is 0 Å². The highest BCUT2D eigenvalue weighted by atomic mass is 16.2. The number of nitrogens with one attached hydrogen (secondary N) is 2. The first kappa shape index (κ1) is 23.7. The molecule has 2 N–H and O–H groups in total. The quantitative estimate of drug-likeness (QED) is 0.411. The van der Waals surface area contributed by atoms with Crippen molar-refractivity contribution in [3.05, 3.63) is 58.7 Å². The van der Waals surface area contributed by atoms with Crippen molar-refractivity contribution >= 4 is 23.2 Å². The van der Waals surface area contributed by atoms with Crippen molar-refractivity contribution in [2.75, 3.05) is 10.6 Å². The van der Waals surface area contributed by atoms with E-state index in [4.69, 9.17) is 0 Å². The number of hydrogen-bond donors (Lipinski definition) is 2. The van der Waals surface area contributed by atoms with Crippen LogP contribution in [0.5, 0.6) is 0 Å². The number of unbranched alkanes of at least 4 members (excludes halogenated alkanes) is 5. The summed E-state index contributed by atoms with van der Waals surface area (Å²) in [4.78, 5) is 24.2. The predicted molar refractivity (Wildman–Crippen MR) is 126 cm³/mol. The van der Waals surface area contributed by atoms with Gasteiger partial charge < -0.3 is 10.6 Å². The minimum atomic E-state index is 0.0862. The van der Waals surface area contributed by atoms with E-state index in [1.54, 1.807) is 0 Å². The molecule has 0 unspecified atom stereocenters. The Hall–Kier alpha value is -2.62. The van der Waals surface area contributed by atoms with Gasteiger partial charge in [-0.05, 0) is 87.1 Å². The third-order valence-corrected chi connectivity index (χ3v) is 5.07. The zero-order valence-corrected chi connectivity index (χ0v) is 18.9. The number of rotatable bonds is 11. The molecule has 2 aromatic rings. The van der Waals surface area contributed by atoms with Crippen molar-refractivity contribution in [3.63, 3.8) is 0 Å². The summed E-state index contributed by atoms with van der Waals surface area (Å²) >= 11 is 0. The van der Waals surface area contributed by atoms with Crippen LogP contribution in [0.1, 0.15) is 73.6 Å². The SMILES string of the molecule is Cc1cc(C)cc(NC(=O)CCCCCCCCC(=O)Nc2cc(C)cc(C)c2)c1. The molecule has 2 amide bonds. The maximum Gasteiger partial charge on any atom is 0.224 e. The summed E-state index contributed by atoms with van der Waals surface area (Å²) in [6.45, 7) is 8.15. The first-order valence-electron chi connectivity index (χ1n) is 11.1. The third kappa shape index (κ3) is 9.25. The van der Waals surface area contributed by atoms with Gasteiger partial charge in [-0.2, -0.15) is 0 Å². The van der Waals surface area contributed by atoms with E-state index in [0.717, 1.165) is 72.2 Å². The molecule has 0 spiro atoms. The van der Waals surface area contributed by atoms with Gasteiger partial charge in [-0.15, -0.1) is 0 Å². The highest BCUT2D eigenvalue weighted by molar-refractivity contribution is 5.91. The molecule has 0 fully saturated rings. The van der Waals surface area contributed by atoms with Crippen LogP contribution in [0, 0.1) is 27.7 Å². The van der Waals surface area contributed by atoms with Crippen LogP contribution in [-0.4, -0.2) is 11.8 Å². The summed E-state index contributed by atoms with van der Waals surface area (Å²) in [5.74, 6) is 0.172. The van der Waals surface area contributed by atoms with Crippen molar-refractivity contribution in [1.29, 1.82) is 0 Å². The molecule has 0 saturated heterocycles. The van der Waals surface area contributed by atoms with Crippen LogP contribution in [0.15, 0.2) is 36.4 Å². The molecule has 4 nitrogen and oxygen atoms in total. The van der Waals surface area contributed by atoms with Gasteiger partial charge >= 0.3 is 0 Å². The molecular formula is C26H36N2O2. The number of anilines is 2. The third-order valence-electron chi connectivity index (χ3n) is 5.07. The second-order valence-electron chi connectivity index (χ2n) is 8.47. The second kappa shape index (κ2) is 12.2. The Morgan fingerprint density at radius 1 is 0.533 bits per heavy atom. The van der Waals surface area contributed by atoms with Gasteiger partial charge in [0.2, 0.25) is 11.8 Å². The monoisotopic (exact) mass is 408 g/mol. The first-order valence-corrected chi connectivity index (χ1v) is 11.1. The highest BCUT2D eigenvalue weighted by Gasteiger charge is 2.05. The number of hydrogen-bond acceptors (Lipinski definition) is 2. The van der Waals surface area contributed by atoms with Gasteiger partial charge in [0.15, 0.2) is 0 Å². The highest BCUT2D eigenvalue weighted by Crippen LogP contribution is 2.16. The van der Waals surface area contributed by atoms with Crippen LogP contribution in [0.2, 0.25) is 0 Å². The second-order valence-corrected chi connectivity index (χ2v) is 8.47. The van der Waals surface area contributed by atoms with Crippen molar-refractivity contribution in [1.82, 2.24) is 0 Å². The fourth-order valence-corrected chi connectivity index (χ4v) is 3.82. The number of carbonyl (C=O) groups excluding carboxylic acids is 2. The van der Waals surface area contributed by atoms with Crippen LogP contribution < -0.4 is 10.6 Å². The van der Waals surface area contributed by atoms with Gasteiger partial charge in [-0.1, -0.05) is 37.8 Å². The molecule has 162 valence electrons. The summed E-state index contributed by atoms with van der Waals surface area (Å²) < 4.78 is 0. The number of carbonyl (C=O) groups is 2. The van der Waals surface area contributed by atoms with E-state index in [1.807, 2.05) is 52.0 Å². The lowest BCUT2D eigenvalue weighted by atomic mass is 10.1. The van der Waals surface area contributed by atoms with Gasteiger partial charge in [0.25, 0.3) is 0 Å². The molecule has 0 heterocycles. The van der Waals surface area contributed by atoms with E-state index in [-0.39, 0.29) is 11.8 Å². The molecular weight excluding hydrogens is 372 g/mol. The number of benzene rings is 2. The molecule has 0 aliphatic rings. The zero-order valence-electron chi connectivity index (χ0n) is 18.9. The molecule has 30 heavy (non-hydrogen) atoms. The molecule has 2 aromatic carbocycles. The van der Waals surface area contributed by atoms with E-state index >= 15 is 0 Å². The topological polar surface area (TPSA) is 58.2 Å². The Morgan fingerprint density at radius 3 is 1.17 bits per heavy atom. The molecule has 4 heteroatoms. The molecule has 0 atom stereocenters. The normalized spacial score (nSPS) is 10.7. The minimum Gasteiger partial charge on any atom is -0.326 e. The molecule has 0 aliphatic carbocycles. The van der Waals surface area contributed by atoms with Gasteiger partial charge in [0.05, 0.1) is 0 Å². The standard InChI is InChI=1S/C26H36N2O2/c1-19-13-20(2)16-23(15-19)27-25(29)11-9-7-5-6-8-10-12-26(30)28-24-17-21(3)14-22(4)18-24/h13-18H,5-12H2,1-4H3,(H,27,29)(H,28,30).